The lowest BCUT2D eigenvalue weighted by Gasteiger charge is -2.39. The highest BCUT2D eigenvalue weighted by atomic mass is 32.3. The quantitative estimate of drug-likeness (QED) is 0.233. The van der Waals surface area contributed by atoms with Crippen LogP contribution in [0.2, 0.25) is 0 Å². The summed E-state index contributed by atoms with van der Waals surface area (Å²) in [5.41, 5.74) is 3.13. The molecule has 0 aliphatic rings. The monoisotopic (exact) mass is 526 g/mol. The van der Waals surface area contributed by atoms with Gasteiger partial charge in [0, 0.05) is 20.2 Å². The molecule has 0 aromatic heterocycles. The normalized spacial score (nSPS) is 12.5. The van der Waals surface area contributed by atoms with Gasteiger partial charge < -0.3 is 0 Å². The van der Waals surface area contributed by atoms with Gasteiger partial charge in [0.15, 0.2) is 0 Å². The van der Waals surface area contributed by atoms with E-state index in [-0.39, 0.29) is 16.0 Å². The van der Waals surface area contributed by atoms with Crippen molar-refractivity contribution < 1.29 is 20.8 Å². The highest BCUT2D eigenvalue weighted by Crippen LogP contribution is 2.70. The smallest absolute Gasteiger partial charge is 0.246 e. The number of hydrogen-bond donors (Lipinski definition) is 0. The second-order valence-corrected chi connectivity index (χ2v) is 13.1. The molecule has 188 valence electrons. The van der Waals surface area contributed by atoms with Crippen LogP contribution in [-0.2, 0) is 27.1 Å². The Labute approximate surface area is 213 Å². The number of alkyl halides is 2. The molecule has 36 heavy (non-hydrogen) atoms. The number of rotatable bonds is 8. The molecule has 0 N–H and O–H groups in total. The Morgan fingerprint density at radius 3 is 1.39 bits per heavy atom. The molecule has 0 fully saturated rings. The number of halogens is 2. The van der Waals surface area contributed by atoms with Crippen LogP contribution in [0.4, 0.5) is 8.78 Å². The van der Waals surface area contributed by atoms with Crippen molar-refractivity contribution in [3.8, 4) is 0 Å². The van der Waals surface area contributed by atoms with Crippen LogP contribution in [0.15, 0.2) is 111 Å². The van der Waals surface area contributed by atoms with E-state index < -0.39 is 33.8 Å². The maximum Gasteiger partial charge on any atom is 0.307 e. The lowest BCUT2D eigenvalue weighted by atomic mass is 10.1. The molecule has 0 amide bonds. The summed E-state index contributed by atoms with van der Waals surface area (Å²) in [5.74, 6) is 0. The number of hydrogen-bond acceptors (Lipinski definition) is 3. The van der Waals surface area contributed by atoms with Crippen LogP contribution in [0.25, 0.3) is 0 Å². The van der Waals surface area contributed by atoms with E-state index in [0.717, 1.165) is 16.7 Å². The maximum absolute atomic E-state index is 13.9. The van der Waals surface area contributed by atoms with E-state index in [1.54, 1.807) is 0 Å². The van der Waals surface area contributed by atoms with Gasteiger partial charge in [-0.3, -0.25) is 0 Å². The first-order valence-corrected chi connectivity index (χ1v) is 14.4. The van der Waals surface area contributed by atoms with E-state index in [1.165, 1.54) is 18.2 Å². The van der Waals surface area contributed by atoms with Crippen LogP contribution in [0.1, 0.15) is 27.8 Å². The third-order valence-electron chi connectivity index (χ3n) is 5.94. The van der Waals surface area contributed by atoms with E-state index in [4.69, 9.17) is 3.63 Å². The van der Waals surface area contributed by atoms with Crippen molar-refractivity contribution in [2.75, 3.05) is 0 Å². The molecule has 0 unspecified atom stereocenters. The van der Waals surface area contributed by atoms with E-state index >= 15 is 0 Å². The molecule has 0 spiro atoms. The average Bonchev–Trinajstić information content (AvgIpc) is 2.88. The Balaban J connectivity index is 2.02. The largest absolute Gasteiger partial charge is 0.307 e. The highest BCUT2D eigenvalue weighted by molar-refractivity contribution is 8.33. The van der Waals surface area contributed by atoms with Gasteiger partial charge >= 0.3 is 10.1 Å². The first-order chi connectivity index (χ1) is 17.2. The molecule has 4 rings (SSSR count). The Morgan fingerprint density at radius 1 is 0.611 bits per heavy atom. The average molecular weight is 527 g/mol. The summed E-state index contributed by atoms with van der Waals surface area (Å²) in [4.78, 5) is 1.76. The van der Waals surface area contributed by atoms with Gasteiger partial charge in [-0.1, -0.05) is 59.2 Å². The van der Waals surface area contributed by atoms with Crippen molar-refractivity contribution in [2.24, 2.45) is 0 Å². The van der Waals surface area contributed by atoms with Crippen LogP contribution < -0.4 is 0 Å². The zero-order valence-corrected chi connectivity index (χ0v) is 22.0. The summed E-state index contributed by atoms with van der Waals surface area (Å²) in [6, 6.07) is 26.6. The minimum absolute atomic E-state index is 0.129. The van der Waals surface area contributed by atoms with Crippen molar-refractivity contribution >= 4 is 20.4 Å². The van der Waals surface area contributed by atoms with Crippen molar-refractivity contribution in [1.29, 1.82) is 0 Å². The van der Waals surface area contributed by atoms with E-state index in [1.807, 2.05) is 93.6 Å². The maximum atomic E-state index is 13.9. The molecule has 0 atom stereocenters. The van der Waals surface area contributed by atoms with Gasteiger partial charge in [0.25, 0.3) is 0 Å². The highest BCUT2D eigenvalue weighted by Gasteiger charge is 2.39. The Hall–Kier alpha value is -3.00. The first-order valence-electron chi connectivity index (χ1n) is 11.4. The van der Waals surface area contributed by atoms with Gasteiger partial charge in [-0.25, -0.2) is 12.4 Å². The molecule has 0 saturated heterocycles. The molecule has 0 bridgehead atoms. The second kappa shape index (κ2) is 10.5. The van der Waals surface area contributed by atoms with Crippen LogP contribution in [0, 0.1) is 20.8 Å². The van der Waals surface area contributed by atoms with Crippen molar-refractivity contribution in [3.05, 3.63) is 119 Å². The van der Waals surface area contributed by atoms with Gasteiger partial charge in [-0.15, -0.1) is 0 Å². The molecule has 7 heteroatoms. The molecule has 0 heterocycles. The molecule has 0 aliphatic heterocycles. The second-order valence-electron chi connectivity index (χ2n) is 8.73. The summed E-state index contributed by atoms with van der Waals surface area (Å²) in [6.45, 7) is 3.98. The minimum Gasteiger partial charge on any atom is -0.246 e. The van der Waals surface area contributed by atoms with Gasteiger partial charge in [0.05, 0.1) is 0 Å². The molecule has 0 saturated carbocycles. The molecule has 0 radical (unpaired) electrons. The number of benzene rings is 4. The summed E-state index contributed by atoms with van der Waals surface area (Å²) >= 11 is 0. The summed E-state index contributed by atoms with van der Waals surface area (Å²) in [5, 5.41) is 0. The van der Waals surface area contributed by atoms with E-state index in [2.05, 4.69) is 0 Å². The van der Waals surface area contributed by atoms with Crippen LogP contribution in [0.3, 0.4) is 0 Å². The third-order valence-corrected chi connectivity index (χ3v) is 11.2. The molecular formula is C29H28F2O3S2. The van der Waals surface area contributed by atoms with E-state index in [0.29, 0.717) is 14.7 Å². The van der Waals surface area contributed by atoms with Gasteiger partial charge in [0.2, 0.25) is 0 Å². The van der Waals surface area contributed by atoms with Gasteiger partial charge in [-0.05, 0) is 85.2 Å². The van der Waals surface area contributed by atoms with Crippen LogP contribution in [-0.4, -0.2) is 8.42 Å². The zero-order chi connectivity index (χ0) is 25.9. The Morgan fingerprint density at radius 2 is 1.03 bits per heavy atom. The van der Waals surface area contributed by atoms with Crippen LogP contribution in [0.5, 0.6) is 0 Å². The van der Waals surface area contributed by atoms with Crippen molar-refractivity contribution in [2.45, 2.75) is 53.7 Å². The summed E-state index contributed by atoms with van der Waals surface area (Å²) in [6.07, 6.45) is 0. The zero-order valence-electron chi connectivity index (χ0n) is 20.4. The summed E-state index contributed by atoms with van der Waals surface area (Å²) < 4.78 is 61.2. The lowest BCUT2D eigenvalue weighted by molar-refractivity contribution is 0.464. The molecule has 0 aliphatic carbocycles. The fourth-order valence-electron chi connectivity index (χ4n) is 3.95. The SMILES string of the molecule is Cc1ccc(S(OS(=O)(=O)c2ccc(CF)cc2CF)(c2ccc(C)cc2)c2ccc(C)cc2)cc1. The third kappa shape index (κ3) is 5.09. The van der Waals surface area contributed by atoms with Crippen molar-refractivity contribution in [1.82, 2.24) is 0 Å². The Bertz CT molecular complexity index is 1340. The minimum atomic E-state index is -4.49. The summed E-state index contributed by atoms with van der Waals surface area (Å²) in [7, 11) is -7.30. The topological polar surface area (TPSA) is 43.4 Å². The predicted molar refractivity (Wildman–Crippen MR) is 140 cm³/mol. The van der Waals surface area contributed by atoms with Crippen LogP contribution >= 0.6 is 10.3 Å². The first kappa shape index (κ1) is 26.1. The molecule has 4 aromatic carbocycles. The van der Waals surface area contributed by atoms with Gasteiger partial charge in [0.1, 0.15) is 18.2 Å². The lowest BCUT2D eigenvalue weighted by Crippen LogP contribution is -2.16. The molecular weight excluding hydrogens is 498 g/mol. The predicted octanol–water partition coefficient (Wildman–Crippen LogP) is 8.15. The standard InChI is InChI=1S/C29H28F2O3S2/c1-21-4-11-26(12-5-21)35(27-13-6-22(2)7-14-27,28-15-8-23(3)9-16-28)34-36(32,33)29-17-10-24(19-30)18-25(29)20-31/h4-18H,19-20H2,1-3H3. The molecule has 3 nitrogen and oxygen atoms in total. The van der Waals surface area contributed by atoms with Crippen molar-refractivity contribution in [3.63, 3.8) is 0 Å². The fourth-order valence-corrected chi connectivity index (χ4v) is 9.31. The van der Waals surface area contributed by atoms with Gasteiger partial charge in [-0.2, -0.15) is 8.42 Å². The molecule has 4 aromatic rings. The number of aryl methyl sites for hydroxylation is 3. The fraction of sp³-hybridized carbons (Fsp3) is 0.172. The van der Waals surface area contributed by atoms with E-state index in [9.17, 15) is 17.2 Å². The Kier molecular flexibility index (Phi) is 7.64.